The quantitative estimate of drug-likeness (QED) is 0.859. The van der Waals surface area contributed by atoms with E-state index in [1.807, 2.05) is 6.07 Å². The zero-order valence-corrected chi connectivity index (χ0v) is 10.8. The number of nitrogens with zero attached hydrogens (tertiary/aromatic N) is 2. The molecule has 2 rings (SSSR count). The molecule has 0 radical (unpaired) electrons. The fraction of sp³-hybridized carbons (Fsp3) is 0.0909. The van der Waals surface area contributed by atoms with Crippen molar-refractivity contribution in [3.8, 4) is 11.8 Å². The second-order valence-electron chi connectivity index (χ2n) is 3.09. The molecule has 0 spiro atoms. The predicted octanol–water partition coefficient (Wildman–Crippen LogP) is 3.90. The molecule has 0 aliphatic heterocycles. The molecular formula is C11H6Cl2N2OS. The van der Waals surface area contributed by atoms with Crippen LogP contribution in [0.25, 0.3) is 0 Å². The van der Waals surface area contributed by atoms with E-state index >= 15 is 0 Å². The lowest BCUT2D eigenvalue weighted by Crippen LogP contribution is -1.94. The van der Waals surface area contributed by atoms with Gasteiger partial charge in [0.1, 0.15) is 28.3 Å². The summed E-state index contributed by atoms with van der Waals surface area (Å²) in [6.07, 6.45) is 1.52. The summed E-state index contributed by atoms with van der Waals surface area (Å²) in [6, 6.07) is 7.03. The average molecular weight is 285 g/mol. The molecule has 6 heteroatoms. The molecule has 0 unspecified atom stereocenters. The molecule has 1 aromatic heterocycles. The van der Waals surface area contributed by atoms with Gasteiger partial charge in [0.05, 0.1) is 11.2 Å². The molecule has 0 fully saturated rings. The van der Waals surface area contributed by atoms with Crippen molar-refractivity contribution in [1.29, 1.82) is 5.26 Å². The van der Waals surface area contributed by atoms with Crippen LogP contribution in [0.1, 0.15) is 9.88 Å². The molecule has 0 saturated heterocycles. The largest absolute Gasteiger partial charge is 0.485 e. The van der Waals surface area contributed by atoms with Gasteiger partial charge in [0.25, 0.3) is 0 Å². The Bertz CT molecular complexity index is 577. The Balaban J connectivity index is 2.05. The summed E-state index contributed by atoms with van der Waals surface area (Å²) < 4.78 is 5.48. The molecule has 1 aromatic carbocycles. The maximum Gasteiger partial charge on any atom is 0.140 e. The van der Waals surface area contributed by atoms with Crippen molar-refractivity contribution < 1.29 is 4.74 Å². The third-order valence-corrected chi connectivity index (χ3v) is 3.31. The van der Waals surface area contributed by atoms with E-state index in [1.54, 1.807) is 18.2 Å². The van der Waals surface area contributed by atoms with Crippen molar-refractivity contribution in [2.75, 3.05) is 0 Å². The number of aromatic nitrogens is 1. The van der Waals surface area contributed by atoms with Crippen LogP contribution in [0.2, 0.25) is 10.0 Å². The van der Waals surface area contributed by atoms with Gasteiger partial charge in [-0.1, -0.05) is 23.2 Å². The zero-order valence-electron chi connectivity index (χ0n) is 8.48. The molecule has 3 nitrogen and oxygen atoms in total. The highest BCUT2D eigenvalue weighted by Gasteiger charge is 2.05. The van der Waals surface area contributed by atoms with Crippen LogP contribution in [-0.4, -0.2) is 4.98 Å². The third kappa shape index (κ3) is 3.10. The number of thiazole rings is 1. The Kier molecular flexibility index (Phi) is 3.85. The van der Waals surface area contributed by atoms with Gasteiger partial charge in [-0.25, -0.2) is 4.98 Å². The van der Waals surface area contributed by atoms with Gasteiger partial charge in [0.15, 0.2) is 0 Å². The van der Waals surface area contributed by atoms with E-state index in [1.165, 1.54) is 17.5 Å². The molecule has 0 amide bonds. The number of halogens is 2. The number of benzene rings is 1. The van der Waals surface area contributed by atoms with Crippen LogP contribution >= 0.6 is 34.5 Å². The van der Waals surface area contributed by atoms with Crippen LogP contribution in [0.3, 0.4) is 0 Å². The lowest BCUT2D eigenvalue weighted by atomic mass is 10.3. The summed E-state index contributed by atoms with van der Waals surface area (Å²) in [5.74, 6) is 0.546. The molecule has 0 saturated carbocycles. The summed E-state index contributed by atoms with van der Waals surface area (Å²) in [4.78, 5) is 4.61. The average Bonchev–Trinajstić information content (AvgIpc) is 2.76. The summed E-state index contributed by atoms with van der Waals surface area (Å²) in [5.41, 5.74) is 0. The van der Waals surface area contributed by atoms with Crippen LogP contribution in [0.5, 0.6) is 5.75 Å². The second kappa shape index (κ2) is 5.37. The molecule has 2 aromatic rings. The first-order valence-electron chi connectivity index (χ1n) is 4.61. The van der Waals surface area contributed by atoms with Crippen LogP contribution in [0, 0.1) is 11.3 Å². The van der Waals surface area contributed by atoms with E-state index in [0.717, 1.165) is 5.01 Å². The van der Waals surface area contributed by atoms with Crippen molar-refractivity contribution in [3.05, 3.63) is 44.3 Å². The summed E-state index contributed by atoms with van der Waals surface area (Å²) in [7, 11) is 0. The first-order chi connectivity index (χ1) is 8.19. The van der Waals surface area contributed by atoms with Crippen LogP contribution in [0.15, 0.2) is 24.4 Å². The fourth-order valence-corrected chi connectivity index (χ4v) is 2.25. The number of hydrogen-bond acceptors (Lipinski definition) is 4. The predicted molar refractivity (Wildman–Crippen MR) is 67.6 cm³/mol. The third-order valence-electron chi connectivity index (χ3n) is 1.91. The van der Waals surface area contributed by atoms with E-state index in [0.29, 0.717) is 20.7 Å². The smallest absolute Gasteiger partial charge is 0.140 e. The normalized spacial score (nSPS) is 9.94. The first-order valence-corrected chi connectivity index (χ1v) is 6.19. The molecule has 1 heterocycles. The van der Waals surface area contributed by atoms with E-state index in [-0.39, 0.29) is 6.61 Å². The van der Waals surface area contributed by atoms with Crippen LogP contribution in [-0.2, 0) is 6.61 Å². The van der Waals surface area contributed by atoms with E-state index in [9.17, 15) is 0 Å². The van der Waals surface area contributed by atoms with Gasteiger partial charge in [0.2, 0.25) is 0 Å². The Morgan fingerprint density at radius 2 is 2.24 bits per heavy atom. The fourth-order valence-electron chi connectivity index (χ4n) is 1.16. The molecule has 86 valence electrons. The monoisotopic (exact) mass is 284 g/mol. The molecule has 0 aliphatic rings. The van der Waals surface area contributed by atoms with Crippen molar-refractivity contribution in [1.82, 2.24) is 4.98 Å². The Hall–Kier alpha value is -1.28. The maximum absolute atomic E-state index is 8.65. The van der Waals surface area contributed by atoms with E-state index < -0.39 is 0 Å². The van der Waals surface area contributed by atoms with E-state index in [4.69, 9.17) is 33.2 Å². The Morgan fingerprint density at radius 1 is 1.41 bits per heavy atom. The first kappa shape index (κ1) is 12.2. The van der Waals surface area contributed by atoms with Crippen molar-refractivity contribution in [3.63, 3.8) is 0 Å². The second-order valence-corrected chi connectivity index (χ2v) is 5.05. The molecular weight excluding hydrogens is 279 g/mol. The summed E-state index contributed by atoms with van der Waals surface area (Å²) in [6.45, 7) is 0.285. The highest BCUT2D eigenvalue weighted by Crippen LogP contribution is 2.28. The van der Waals surface area contributed by atoms with Crippen molar-refractivity contribution in [2.45, 2.75) is 6.61 Å². The molecule has 0 N–H and O–H groups in total. The van der Waals surface area contributed by atoms with Gasteiger partial charge in [-0.05, 0) is 18.2 Å². The Labute approximate surface area is 112 Å². The van der Waals surface area contributed by atoms with Crippen LogP contribution in [0.4, 0.5) is 0 Å². The van der Waals surface area contributed by atoms with Gasteiger partial charge in [-0.2, -0.15) is 5.26 Å². The van der Waals surface area contributed by atoms with Crippen molar-refractivity contribution >= 4 is 34.5 Å². The molecule has 17 heavy (non-hydrogen) atoms. The lowest BCUT2D eigenvalue weighted by molar-refractivity contribution is 0.306. The molecule has 0 bridgehead atoms. The highest BCUT2D eigenvalue weighted by molar-refractivity contribution is 7.12. The summed E-state index contributed by atoms with van der Waals surface area (Å²) in [5, 5.41) is 10.4. The maximum atomic E-state index is 8.65. The molecule has 0 atom stereocenters. The number of hydrogen-bond donors (Lipinski definition) is 0. The van der Waals surface area contributed by atoms with E-state index in [2.05, 4.69) is 4.98 Å². The van der Waals surface area contributed by atoms with Crippen molar-refractivity contribution in [2.24, 2.45) is 0 Å². The minimum absolute atomic E-state index is 0.285. The van der Waals surface area contributed by atoms with Gasteiger partial charge in [0, 0.05) is 5.02 Å². The number of ether oxygens (including phenoxy) is 1. The van der Waals surface area contributed by atoms with Gasteiger partial charge < -0.3 is 4.74 Å². The summed E-state index contributed by atoms with van der Waals surface area (Å²) >= 11 is 13.0. The number of rotatable bonds is 3. The van der Waals surface area contributed by atoms with Gasteiger partial charge in [-0.3, -0.25) is 0 Å². The SMILES string of the molecule is N#Cc1cnc(COc2ccc(Cl)cc2Cl)s1. The zero-order chi connectivity index (χ0) is 12.3. The topological polar surface area (TPSA) is 45.9 Å². The minimum atomic E-state index is 0.285. The van der Waals surface area contributed by atoms with Gasteiger partial charge in [-0.15, -0.1) is 11.3 Å². The lowest BCUT2D eigenvalue weighted by Gasteiger charge is -2.05. The molecule has 0 aliphatic carbocycles. The van der Waals surface area contributed by atoms with Gasteiger partial charge >= 0.3 is 0 Å². The highest BCUT2D eigenvalue weighted by atomic mass is 35.5. The Morgan fingerprint density at radius 3 is 2.88 bits per heavy atom. The van der Waals surface area contributed by atoms with Crippen LogP contribution < -0.4 is 4.74 Å². The number of nitriles is 1. The minimum Gasteiger partial charge on any atom is -0.485 e. The standard InChI is InChI=1S/C11H6Cl2N2OS/c12-7-1-2-10(9(13)3-7)16-6-11-15-5-8(4-14)17-11/h1-3,5H,6H2.